The molecule has 0 N–H and O–H groups in total. The first-order valence-corrected chi connectivity index (χ1v) is 7.88. The average molecular weight is 272 g/mol. The summed E-state index contributed by atoms with van der Waals surface area (Å²) >= 11 is 0. The van der Waals surface area contributed by atoms with Crippen LogP contribution in [-0.2, 0) is 11.3 Å². The summed E-state index contributed by atoms with van der Waals surface area (Å²) in [6, 6.07) is 10.6. The van der Waals surface area contributed by atoms with Crippen LogP contribution in [0.25, 0.3) is 0 Å². The van der Waals surface area contributed by atoms with E-state index in [2.05, 4.69) is 40.1 Å². The van der Waals surface area contributed by atoms with Crippen LogP contribution in [0.4, 0.5) is 0 Å². The summed E-state index contributed by atoms with van der Waals surface area (Å²) < 4.78 is 0. The molecule has 0 spiro atoms. The van der Waals surface area contributed by atoms with Crippen molar-refractivity contribution >= 4 is 5.91 Å². The van der Waals surface area contributed by atoms with Crippen LogP contribution in [0.15, 0.2) is 30.3 Å². The highest BCUT2D eigenvalue weighted by Crippen LogP contribution is 2.22. The third-order valence-electron chi connectivity index (χ3n) is 4.52. The summed E-state index contributed by atoms with van der Waals surface area (Å²) in [5.74, 6) is 0.630. The van der Waals surface area contributed by atoms with Gasteiger partial charge in [0.15, 0.2) is 0 Å². The third kappa shape index (κ3) is 3.21. The lowest BCUT2D eigenvalue weighted by Gasteiger charge is -2.33. The van der Waals surface area contributed by atoms with Gasteiger partial charge >= 0.3 is 0 Å². The van der Waals surface area contributed by atoms with Crippen LogP contribution in [0, 0.1) is 5.92 Å². The van der Waals surface area contributed by atoms with Crippen molar-refractivity contribution in [2.45, 2.75) is 32.2 Å². The van der Waals surface area contributed by atoms with Gasteiger partial charge in [-0.05, 0) is 37.8 Å². The van der Waals surface area contributed by atoms with Gasteiger partial charge in [0.2, 0.25) is 5.91 Å². The van der Waals surface area contributed by atoms with Crippen molar-refractivity contribution in [3.05, 3.63) is 35.9 Å². The molecule has 0 bridgehead atoms. The minimum atomic E-state index is 0.227. The fourth-order valence-electron chi connectivity index (χ4n) is 3.44. The largest absolute Gasteiger partial charge is 0.342 e. The highest BCUT2D eigenvalue weighted by Gasteiger charge is 2.30. The van der Waals surface area contributed by atoms with Gasteiger partial charge in [-0.15, -0.1) is 0 Å². The van der Waals surface area contributed by atoms with E-state index in [4.69, 9.17) is 0 Å². The molecule has 2 aliphatic heterocycles. The van der Waals surface area contributed by atoms with Crippen molar-refractivity contribution in [3.63, 3.8) is 0 Å². The molecule has 2 saturated heterocycles. The molecule has 3 nitrogen and oxygen atoms in total. The number of hydrogen-bond donors (Lipinski definition) is 0. The molecular weight excluding hydrogens is 248 g/mol. The first kappa shape index (κ1) is 13.6. The van der Waals surface area contributed by atoms with Gasteiger partial charge < -0.3 is 4.90 Å². The summed E-state index contributed by atoms with van der Waals surface area (Å²) in [4.78, 5) is 17.0. The molecule has 2 heterocycles. The van der Waals surface area contributed by atoms with Crippen LogP contribution in [0.1, 0.15) is 31.2 Å². The Morgan fingerprint density at radius 1 is 1.05 bits per heavy atom. The van der Waals surface area contributed by atoms with Gasteiger partial charge in [0.25, 0.3) is 0 Å². The maximum absolute atomic E-state index is 12.5. The summed E-state index contributed by atoms with van der Waals surface area (Å²) in [7, 11) is 0. The molecule has 0 aromatic heterocycles. The van der Waals surface area contributed by atoms with Crippen LogP contribution in [0.3, 0.4) is 0 Å². The number of likely N-dealkylation sites (tertiary alicyclic amines) is 2. The van der Waals surface area contributed by atoms with Crippen molar-refractivity contribution in [1.82, 2.24) is 9.80 Å². The van der Waals surface area contributed by atoms with Crippen molar-refractivity contribution in [2.24, 2.45) is 5.92 Å². The van der Waals surface area contributed by atoms with E-state index in [0.717, 1.165) is 45.6 Å². The predicted molar refractivity (Wildman–Crippen MR) is 80.3 cm³/mol. The van der Waals surface area contributed by atoms with Crippen LogP contribution >= 0.6 is 0 Å². The Bertz CT molecular complexity index is 440. The maximum Gasteiger partial charge on any atom is 0.226 e. The second-order valence-corrected chi connectivity index (χ2v) is 6.09. The number of nitrogens with zero attached hydrogens (tertiary/aromatic N) is 2. The number of amides is 1. The minimum Gasteiger partial charge on any atom is -0.342 e. The van der Waals surface area contributed by atoms with Crippen LogP contribution in [0.2, 0.25) is 0 Å². The maximum atomic E-state index is 12.5. The molecule has 0 saturated carbocycles. The first-order chi connectivity index (χ1) is 9.83. The van der Waals surface area contributed by atoms with Gasteiger partial charge in [-0.25, -0.2) is 0 Å². The molecule has 1 aromatic rings. The van der Waals surface area contributed by atoms with E-state index >= 15 is 0 Å². The average Bonchev–Trinajstić information content (AvgIpc) is 3.02. The van der Waals surface area contributed by atoms with Crippen LogP contribution in [-0.4, -0.2) is 41.9 Å². The lowest BCUT2D eigenvalue weighted by Crippen LogP contribution is -2.43. The Kier molecular flexibility index (Phi) is 4.36. The fourth-order valence-corrected chi connectivity index (χ4v) is 3.44. The number of carbonyl (C=O) groups is 1. The standard InChI is InChI=1S/C17H24N2O/c20-17(19-11-4-5-12-19)16-9-6-10-18(14-16)13-15-7-2-1-3-8-15/h1-3,7-8,16H,4-6,9-14H2/t16-/m1/s1. The Morgan fingerprint density at radius 2 is 1.80 bits per heavy atom. The SMILES string of the molecule is O=C([C@@H]1CCCN(Cc2ccccc2)C1)N1CCCC1. The van der Waals surface area contributed by atoms with E-state index in [-0.39, 0.29) is 5.92 Å². The molecule has 2 aliphatic rings. The van der Waals surface area contributed by atoms with Crippen LogP contribution < -0.4 is 0 Å². The summed E-state index contributed by atoms with van der Waals surface area (Å²) in [5, 5.41) is 0. The number of carbonyl (C=O) groups excluding carboxylic acids is 1. The molecule has 1 aromatic carbocycles. The van der Waals surface area contributed by atoms with E-state index in [1.807, 2.05) is 0 Å². The topological polar surface area (TPSA) is 23.6 Å². The van der Waals surface area contributed by atoms with Crippen molar-refractivity contribution in [2.75, 3.05) is 26.2 Å². The third-order valence-corrected chi connectivity index (χ3v) is 4.52. The fraction of sp³-hybridized carbons (Fsp3) is 0.588. The number of benzene rings is 1. The molecule has 20 heavy (non-hydrogen) atoms. The van der Waals surface area contributed by atoms with E-state index in [0.29, 0.717) is 5.91 Å². The zero-order valence-electron chi connectivity index (χ0n) is 12.1. The van der Waals surface area contributed by atoms with E-state index in [9.17, 15) is 4.79 Å². The van der Waals surface area contributed by atoms with Crippen molar-refractivity contribution < 1.29 is 4.79 Å². The number of piperidine rings is 1. The monoisotopic (exact) mass is 272 g/mol. The van der Waals surface area contributed by atoms with Gasteiger partial charge in [-0.1, -0.05) is 30.3 Å². The van der Waals surface area contributed by atoms with E-state index in [1.165, 1.54) is 18.4 Å². The molecule has 108 valence electrons. The van der Waals surface area contributed by atoms with Gasteiger partial charge in [0, 0.05) is 26.2 Å². The highest BCUT2D eigenvalue weighted by molar-refractivity contribution is 5.79. The molecule has 1 atom stereocenters. The lowest BCUT2D eigenvalue weighted by atomic mass is 9.96. The zero-order valence-corrected chi connectivity index (χ0v) is 12.1. The number of hydrogen-bond acceptors (Lipinski definition) is 2. The highest BCUT2D eigenvalue weighted by atomic mass is 16.2. The molecule has 0 unspecified atom stereocenters. The summed E-state index contributed by atoms with van der Waals surface area (Å²) in [5.41, 5.74) is 1.35. The Hall–Kier alpha value is -1.35. The normalized spacial score (nSPS) is 24.0. The lowest BCUT2D eigenvalue weighted by molar-refractivity contribution is -0.136. The molecule has 2 fully saturated rings. The molecule has 1 amide bonds. The van der Waals surface area contributed by atoms with E-state index < -0.39 is 0 Å². The summed E-state index contributed by atoms with van der Waals surface area (Å²) in [6.07, 6.45) is 4.59. The Morgan fingerprint density at radius 3 is 2.55 bits per heavy atom. The van der Waals surface area contributed by atoms with E-state index in [1.54, 1.807) is 0 Å². The zero-order chi connectivity index (χ0) is 13.8. The second-order valence-electron chi connectivity index (χ2n) is 6.09. The van der Waals surface area contributed by atoms with Gasteiger partial charge in [0.05, 0.1) is 5.92 Å². The van der Waals surface area contributed by atoms with Crippen molar-refractivity contribution in [3.8, 4) is 0 Å². The predicted octanol–water partition coefficient (Wildman–Crippen LogP) is 2.52. The molecular formula is C17H24N2O. The Balaban J connectivity index is 1.57. The van der Waals surface area contributed by atoms with Crippen molar-refractivity contribution in [1.29, 1.82) is 0 Å². The molecule has 0 radical (unpaired) electrons. The molecule has 3 heteroatoms. The minimum absolute atomic E-state index is 0.227. The quantitative estimate of drug-likeness (QED) is 0.844. The Labute approximate surface area is 121 Å². The van der Waals surface area contributed by atoms with Crippen LogP contribution in [0.5, 0.6) is 0 Å². The number of rotatable bonds is 3. The molecule has 3 rings (SSSR count). The van der Waals surface area contributed by atoms with Gasteiger partial charge in [0.1, 0.15) is 0 Å². The second kappa shape index (κ2) is 6.40. The first-order valence-electron chi connectivity index (χ1n) is 7.88. The molecule has 0 aliphatic carbocycles. The summed E-state index contributed by atoms with van der Waals surface area (Å²) in [6.45, 7) is 5.00. The van der Waals surface area contributed by atoms with Gasteiger partial charge in [-0.2, -0.15) is 0 Å². The van der Waals surface area contributed by atoms with Gasteiger partial charge in [-0.3, -0.25) is 9.69 Å². The smallest absolute Gasteiger partial charge is 0.226 e.